The van der Waals surface area contributed by atoms with E-state index in [1.807, 2.05) is 12.1 Å². The molecule has 4 rings (SSSR count). The quantitative estimate of drug-likeness (QED) is 0.787. The van der Waals surface area contributed by atoms with Gasteiger partial charge in [-0.1, -0.05) is 0 Å². The third kappa shape index (κ3) is 2.97. The molecule has 6 nitrogen and oxygen atoms in total. The topological polar surface area (TPSA) is 75.4 Å². The first-order valence-corrected chi connectivity index (χ1v) is 8.34. The first-order valence-electron chi connectivity index (χ1n) is 8.34. The van der Waals surface area contributed by atoms with Crippen molar-refractivity contribution in [1.29, 1.82) is 0 Å². The average Bonchev–Trinajstić information content (AvgIpc) is 3.28. The molecule has 3 heterocycles. The predicted molar refractivity (Wildman–Crippen MR) is 97.5 cm³/mol. The van der Waals surface area contributed by atoms with Crippen molar-refractivity contribution < 1.29 is 14.0 Å². The van der Waals surface area contributed by atoms with Gasteiger partial charge in [-0.05, 0) is 61.4 Å². The van der Waals surface area contributed by atoms with E-state index in [1.54, 1.807) is 54.5 Å². The highest BCUT2D eigenvalue weighted by molar-refractivity contribution is 6.07. The molecule has 2 aromatic heterocycles. The summed E-state index contributed by atoms with van der Waals surface area (Å²) in [6.07, 6.45) is 3.95. The molecule has 1 N–H and O–H groups in total. The molecular formula is C20H17N3O3. The Bertz CT molecular complexity index is 979. The Kier molecular flexibility index (Phi) is 4.01. The molecular weight excluding hydrogens is 330 g/mol. The molecule has 0 aliphatic carbocycles. The van der Waals surface area contributed by atoms with Crippen molar-refractivity contribution in [2.45, 2.75) is 13.3 Å². The number of aryl methyl sites for hydroxylation is 1. The Balaban J connectivity index is 1.53. The normalized spacial score (nSPS) is 12.7. The number of benzene rings is 1. The maximum absolute atomic E-state index is 12.7. The highest BCUT2D eigenvalue weighted by Crippen LogP contribution is 2.31. The van der Waals surface area contributed by atoms with Crippen molar-refractivity contribution in [3.8, 4) is 0 Å². The monoisotopic (exact) mass is 347 g/mol. The minimum Gasteiger partial charge on any atom is -0.456 e. The number of aromatic nitrogens is 1. The molecule has 26 heavy (non-hydrogen) atoms. The van der Waals surface area contributed by atoms with E-state index in [0.717, 1.165) is 17.7 Å². The highest BCUT2D eigenvalue weighted by Gasteiger charge is 2.26. The van der Waals surface area contributed by atoms with E-state index in [0.29, 0.717) is 23.6 Å². The zero-order chi connectivity index (χ0) is 18.1. The molecule has 0 atom stereocenters. The fourth-order valence-corrected chi connectivity index (χ4v) is 3.08. The highest BCUT2D eigenvalue weighted by atomic mass is 16.3. The number of amides is 2. The number of furan rings is 1. The number of carbonyl (C=O) groups excluding carboxylic acids is 2. The van der Waals surface area contributed by atoms with Crippen LogP contribution in [0.5, 0.6) is 0 Å². The standard InChI is InChI=1S/C20H17N3O3/c1-13-4-7-18(26-13)19(24)22-16-5-6-17-14(11-16)8-10-23(17)20(25)15-3-2-9-21-12-15/h2-7,9,11-12H,8,10H2,1H3,(H,22,24). The molecule has 130 valence electrons. The summed E-state index contributed by atoms with van der Waals surface area (Å²) in [5.74, 6) is 0.601. The Hall–Kier alpha value is -3.41. The van der Waals surface area contributed by atoms with Crippen molar-refractivity contribution in [2.75, 3.05) is 16.8 Å². The summed E-state index contributed by atoms with van der Waals surface area (Å²) in [5.41, 5.74) is 3.13. The molecule has 0 radical (unpaired) electrons. The van der Waals surface area contributed by atoms with Gasteiger partial charge in [-0.3, -0.25) is 14.6 Å². The molecule has 3 aromatic rings. The number of nitrogens with one attached hydrogen (secondary N) is 1. The van der Waals surface area contributed by atoms with Crippen LogP contribution in [-0.2, 0) is 6.42 Å². The van der Waals surface area contributed by atoms with Gasteiger partial charge in [0, 0.05) is 30.3 Å². The molecule has 0 bridgehead atoms. The van der Waals surface area contributed by atoms with E-state index in [9.17, 15) is 9.59 Å². The van der Waals surface area contributed by atoms with Gasteiger partial charge >= 0.3 is 0 Å². The summed E-state index contributed by atoms with van der Waals surface area (Å²) in [6, 6.07) is 12.5. The predicted octanol–water partition coefficient (Wildman–Crippen LogP) is 3.44. The second-order valence-electron chi connectivity index (χ2n) is 6.16. The first kappa shape index (κ1) is 16.1. The fourth-order valence-electron chi connectivity index (χ4n) is 3.08. The van der Waals surface area contributed by atoms with Crippen molar-refractivity contribution in [3.63, 3.8) is 0 Å². The summed E-state index contributed by atoms with van der Waals surface area (Å²) >= 11 is 0. The van der Waals surface area contributed by atoms with Crippen LogP contribution in [0.2, 0.25) is 0 Å². The zero-order valence-electron chi connectivity index (χ0n) is 14.2. The average molecular weight is 347 g/mol. The van der Waals surface area contributed by atoms with Crippen LogP contribution < -0.4 is 10.2 Å². The minimum absolute atomic E-state index is 0.0697. The molecule has 0 saturated heterocycles. The van der Waals surface area contributed by atoms with Crippen molar-refractivity contribution in [2.24, 2.45) is 0 Å². The summed E-state index contributed by atoms with van der Waals surface area (Å²) in [6.45, 7) is 2.40. The summed E-state index contributed by atoms with van der Waals surface area (Å²) in [5, 5.41) is 2.83. The first-order chi connectivity index (χ1) is 12.6. The van der Waals surface area contributed by atoms with Gasteiger partial charge in [0.05, 0.1) is 5.56 Å². The van der Waals surface area contributed by atoms with Gasteiger partial charge in [0.1, 0.15) is 5.76 Å². The number of pyridine rings is 1. The van der Waals surface area contributed by atoms with Crippen molar-refractivity contribution >= 4 is 23.2 Å². The summed E-state index contributed by atoms with van der Waals surface area (Å²) in [7, 11) is 0. The second-order valence-corrected chi connectivity index (χ2v) is 6.16. The van der Waals surface area contributed by atoms with Crippen LogP contribution in [-0.4, -0.2) is 23.3 Å². The minimum atomic E-state index is -0.292. The van der Waals surface area contributed by atoms with Crippen molar-refractivity contribution in [1.82, 2.24) is 4.98 Å². The molecule has 0 spiro atoms. The van der Waals surface area contributed by atoms with Crippen LogP contribution in [0.25, 0.3) is 0 Å². The van der Waals surface area contributed by atoms with E-state index < -0.39 is 0 Å². The van der Waals surface area contributed by atoms with Gasteiger partial charge in [0.15, 0.2) is 5.76 Å². The van der Waals surface area contributed by atoms with Gasteiger partial charge in [-0.15, -0.1) is 0 Å². The van der Waals surface area contributed by atoms with Crippen LogP contribution >= 0.6 is 0 Å². The number of hydrogen-bond acceptors (Lipinski definition) is 4. The lowest BCUT2D eigenvalue weighted by atomic mass is 10.1. The number of anilines is 2. The lowest BCUT2D eigenvalue weighted by Crippen LogP contribution is -2.28. The molecule has 6 heteroatoms. The third-order valence-corrected chi connectivity index (χ3v) is 4.35. The van der Waals surface area contributed by atoms with Gasteiger partial charge in [-0.2, -0.15) is 0 Å². The number of rotatable bonds is 3. The summed E-state index contributed by atoms with van der Waals surface area (Å²) < 4.78 is 5.34. The van der Waals surface area contributed by atoms with E-state index in [4.69, 9.17) is 4.42 Å². The van der Waals surface area contributed by atoms with E-state index in [1.165, 1.54) is 0 Å². The van der Waals surface area contributed by atoms with Crippen LogP contribution in [0, 0.1) is 6.92 Å². The number of hydrogen-bond donors (Lipinski definition) is 1. The van der Waals surface area contributed by atoms with E-state index >= 15 is 0 Å². The lowest BCUT2D eigenvalue weighted by molar-refractivity contribution is 0.0984. The van der Waals surface area contributed by atoms with Gasteiger partial charge in [0.25, 0.3) is 11.8 Å². The Morgan fingerprint density at radius 3 is 2.81 bits per heavy atom. The Morgan fingerprint density at radius 1 is 1.19 bits per heavy atom. The molecule has 1 aliphatic heterocycles. The molecule has 1 aromatic carbocycles. The third-order valence-electron chi connectivity index (χ3n) is 4.35. The summed E-state index contributed by atoms with van der Waals surface area (Å²) in [4.78, 5) is 30.6. The molecule has 0 fully saturated rings. The molecule has 2 amide bonds. The van der Waals surface area contributed by atoms with E-state index in [-0.39, 0.29) is 17.6 Å². The number of carbonyl (C=O) groups is 2. The second kappa shape index (κ2) is 6.48. The SMILES string of the molecule is Cc1ccc(C(=O)Nc2ccc3c(c2)CCN3C(=O)c2cccnc2)o1. The number of fused-ring (bicyclic) bond motifs is 1. The van der Waals surface area contributed by atoms with Crippen LogP contribution in [0.15, 0.2) is 59.3 Å². The van der Waals surface area contributed by atoms with E-state index in [2.05, 4.69) is 10.3 Å². The maximum atomic E-state index is 12.7. The van der Waals surface area contributed by atoms with Gasteiger partial charge in [-0.25, -0.2) is 0 Å². The van der Waals surface area contributed by atoms with Crippen LogP contribution in [0.3, 0.4) is 0 Å². The Labute approximate surface area is 150 Å². The van der Waals surface area contributed by atoms with Crippen LogP contribution in [0.4, 0.5) is 11.4 Å². The molecule has 1 aliphatic rings. The van der Waals surface area contributed by atoms with Gasteiger partial charge < -0.3 is 14.6 Å². The number of nitrogens with zero attached hydrogens (tertiary/aromatic N) is 2. The largest absolute Gasteiger partial charge is 0.456 e. The smallest absolute Gasteiger partial charge is 0.291 e. The zero-order valence-corrected chi connectivity index (χ0v) is 14.2. The maximum Gasteiger partial charge on any atom is 0.291 e. The lowest BCUT2D eigenvalue weighted by Gasteiger charge is -2.17. The molecule has 0 unspecified atom stereocenters. The molecule has 0 saturated carbocycles. The van der Waals surface area contributed by atoms with Crippen molar-refractivity contribution in [3.05, 3.63) is 77.5 Å². The van der Waals surface area contributed by atoms with Gasteiger partial charge in [0.2, 0.25) is 0 Å². The fraction of sp³-hybridized carbons (Fsp3) is 0.150. The van der Waals surface area contributed by atoms with Crippen LogP contribution in [0.1, 0.15) is 32.2 Å². The Morgan fingerprint density at radius 2 is 2.08 bits per heavy atom.